The lowest BCUT2D eigenvalue weighted by atomic mass is 9.69. The zero-order valence-electron chi connectivity index (χ0n) is 17.1. The average Bonchev–Trinajstić information content (AvgIpc) is 2.72. The number of fused-ring (bicyclic) bond motifs is 1. The van der Waals surface area contributed by atoms with Crippen LogP contribution in [-0.2, 0) is 23.9 Å². The first-order chi connectivity index (χ1) is 14.1. The predicted molar refractivity (Wildman–Crippen MR) is 110 cm³/mol. The van der Waals surface area contributed by atoms with Crippen molar-refractivity contribution in [1.82, 2.24) is 0 Å². The summed E-state index contributed by atoms with van der Waals surface area (Å²) in [5.74, 6) is -3.31. The van der Waals surface area contributed by atoms with Gasteiger partial charge in [0, 0.05) is 18.3 Å². The van der Waals surface area contributed by atoms with Crippen LogP contribution in [0.5, 0.6) is 0 Å². The Morgan fingerprint density at radius 1 is 0.966 bits per heavy atom. The SMILES string of the molecule is CCOC(=O)C(C(=O)OCC)[C@@H](c1cccc2ccccc12)[C@@H]1CCCCC1=O. The van der Waals surface area contributed by atoms with Gasteiger partial charge in [0.25, 0.3) is 0 Å². The Morgan fingerprint density at radius 2 is 1.62 bits per heavy atom. The Bertz CT molecular complexity index is 864. The fourth-order valence-corrected chi connectivity index (χ4v) is 4.41. The summed E-state index contributed by atoms with van der Waals surface area (Å²) in [6.07, 6.45) is 2.88. The predicted octanol–water partition coefficient (Wildman–Crippen LogP) is 4.43. The van der Waals surface area contributed by atoms with E-state index in [-0.39, 0.29) is 19.0 Å². The van der Waals surface area contributed by atoms with Crippen LogP contribution in [0.1, 0.15) is 51.0 Å². The Morgan fingerprint density at radius 3 is 2.28 bits per heavy atom. The van der Waals surface area contributed by atoms with Gasteiger partial charge in [0.1, 0.15) is 5.78 Å². The van der Waals surface area contributed by atoms with Gasteiger partial charge in [-0.25, -0.2) is 0 Å². The molecule has 0 bridgehead atoms. The van der Waals surface area contributed by atoms with E-state index in [4.69, 9.17) is 9.47 Å². The molecule has 1 fully saturated rings. The van der Waals surface area contributed by atoms with Crippen molar-refractivity contribution in [2.75, 3.05) is 13.2 Å². The first-order valence-electron chi connectivity index (χ1n) is 10.4. The molecule has 154 valence electrons. The van der Waals surface area contributed by atoms with Crippen molar-refractivity contribution in [2.24, 2.45) is 11.8 Å². The largest absolute Gasteiger partial charge is 0.465 e. The maximum atomic E-state index is 12.9. The molecule has 0 saturated heterocycles. The number of ketones is 1. The maximum Gasteiger partial charge on any atom is 0.320 e. The molecule has 0 N–H and O–H groups in total. The molecule has 2 aromatic rings. The molecule has 1 aliphatic rings. The van der Waals surface area contributed by atoms with Crippen LogP contribution >= 0.6 is 0 Å². The summed E-state index contributed by atoms with van der Waals surface area (Å²) in [6.45, 7) is 3.74. The molecular formula is C24H28O5. The summed E-state index contributed by atoms with van der Waals surface area (Å²) in [5.41, 5.74) is 0.828. The van der Waals surface area contributed by atoms with Crippen molar-refractivity contribution >= 4 is 28.5 Å². The maximum absolute atomic E-state index is 12.9. The lowest BCUT2D eigenvalue weighted by Gasteiger charge is -2.33. The average molecular weight is 396 g/mol. The molecule has 5 heteroatoms. The van der Waals surface area contributed by atoms with E-state index in [1.165, 1.54) is 0 Å². The van der Waals surface area contributed by atoms with Gasteiger partial charge in [0.05, 0.1) is 13.2 Å². The van der Waals surface area contributed by atoms with Gasteiger partial charge in [-0.1, -0.05) is 48.9 Å². The van der Waals surface area contributed by atoms with E-state index in [0.29, 0.717) is 12.8 Å². The van der Waals surface area contributed by atoms with E-state index >= 15 is 0 Å². The second-order valence-electron chi connectivity index (χ2n) is 7.39. The van der Waals surface area contributed by atoms with Crippen molar-refractivity contribution in [1.29, 1.82) is 0 Å². The Labute approximate surface area is 171 Å². The van der Waals surface area contributed by atoms with Gasteiger partial charge in [-0.05, 0) is 43.0 Å². The minimum absolute atomic E-state index is 0.104. The van der Waals surface area contributed by atoms with E-state index in [1.54, 1.807) is 13.8 Å². The van der Waals surface area contributed by atoms with Crippen molar-refractivity contribution < 1.29 is 23.9 Å². The fraction of sp³-hybridized carbons (Fsp3) is 0.458. The van der Waals surface area contributed by atoms with Crippen LogP contribution < -0.4 is 0 Å². The fourth-order valence-electron chi connectivity index (χ4n) is 4.41. The summed E-state index contributed by atoms with van der Waals surface area (Å²) < 4.78 is 10.5. The zero-order valence-corrected chi connectivity index (χ0v) is 17.1. The number of esters is 2. The van der Waals surface area contributed by atoms with E-state index < -0.39 is 29.7 Å². The number of carbonyl (C=O) groups is 3. The molecule has 0 heterocycles. The topological polar surface area (TPSA) is 69.7 Å². The van der Waals surface area contributed by atoms with E-state index in [2.05, 4.69) is 0 Å². The summed E-state index contributed by atoms with van der Waals surface area (Å²) in [7, 11) is 0. The summed E-state index contributed by atoms with van der Waals surface area (Å²) >= 11 is 0. The highest BCUT2D eigenvalue weighted by atomic mass is 16.6. The molecular weight excluding hydrogens is 368 g/mol. The smallest absolute Gasteiger partial charge is 0.320 e. The lowest BCUT2D eigenvalue weighted by Crippen LogP contribution is -2.40. The monoisotopic (exact) mass is 396 g/mol. The van der Waals surface area contributed by atoms with Crippen LogP contribution in [0.3, 0.4) is 0 Å². The minimum atomic E-state index is -1.16. The van der Waals surface area contributed by atoms with Gasteiger partial charge in [0.2, 0.25) is 0 Å². The van der Waals surface area contributed by atoms with Crippen LogP contribution in [0.2, 0.25) is 0 Å². The van der Waals surface area contributed by atoms with Crippen molar-refractivity contribution in [3.05, 3.63) is 48.0 Å². The number of benzene rings is 2. The normalized spacial score (nSPS) is 17.9. The summed E-state index contributed by atoms with van der Waals surface area (Å²) in [6, 6.07) is 13.6. The third kappa shape index (κ3) is 4.50. The number of Topliss-reactive ketones (excluding diaryl/α,β-unsaturated/α-hetero) is 1. The van der Waals surface area contributed by atoms with Gasteiger partial charge < -0.3 is 9.47 Å². The zero-order chi connectivity index (χ0) is 20.8. The molecule has 0 unspecified atom stereocenters. The summed E-state index contributed by atoms with van der Waals surface area (Å²) in [4.78, 5) is 38.8. The van der Waals surface area contributed by atoms with Gasteiger partial charge in [-0.15, -0.1) is 0 Å². The van der Waals surface area contributed by atoms with E-state index in [0.717, 1.165) is 29.2 Å². The molecule has 29 heavy (non-hydrogen) atoms. The van der Waals surface area contributed by atoms with Gasteiger partial charge >= 0.3 is 11.9 Å². The molecule has 0 radical (unpaired) electrons. The molecule has 1 saturated carbocycles. The van der Waals surface area contributed by atoms with Gasteiger partial charge in [-0.3, -0.25) is 14.4 Å². The highest BCUT2D eigenvalue weighted by Gasteiger charge is 2.45. The second kappa shape index (κ2) is 9.68. The molecule has 0 amide bonds. The molecule has 0 aliphatic heterocycles. The minimum Gasteiger partial charge on any atom is -0.465 e. The van der Waals surface area contributed by atoms with E-state index in [9.17, 15) is 14.4 Å². The number of hydrogen-bond donors (Lipinski definition) is 0. The molecule has 2 atom stereocenters. The van der Waals surface area contributed by atoms with Crippen LogP contribution in [0.25, 0.3) is 10.8 Å². The number of ether oxygens (including phenoxy) is 2. The molecule has 0 aromatic heterocycles. The van der Waals surface area contributed by atoms with Gasteiger partial charge in [-0.2, -0.15) is 0 Å². The van der Waals surface area contributed by atoms with Crippen LogP contribution in [0.4, 0.5) is 0 Å². The van der Waals surface area contributed by atoms with Crippen LogP contribution in [0.15, 0.2) is 42.5 Å². The standard InChI is InChI=1S/C24H28O5/c1-3-28-23(26)22(24(27)29-4-2)21(19-13-7-8-15-20(19)25)18-14-9-11-16-10-5-6-12-17(16)18/h5-6,9-12,14,19,21-22H,3-4,7-8,13,15H2,1-2H3/t19-,21+/m1/s1. The Hall–Kier alpha value is -2.69. The quantitative estimate of drug-likeness (QED) is 0.512. The Kier molecular flexibility index (Phi) is 7.02. The molecule has 3 rings (SSSR count). The van der Waals surface area contributed by atoms with Crippen LogP contribution in [0, 0.1) is 11.8 Å². The number of carbonyl (C=O) groups excluding carboxylic acids is 3. The van der Waals surface area contributed by atoms with Crippen molar-refractivity contribution in [3.63, 3.8) is 0 Å². The first-order valence-corrected chi connectivity index (χ1v) is 10.4. The summed E-state index contributed by atoms with van der Waals surface area (Å²) in [5, 5.41) is 1.95. The Balaban J connectivity index is 2.18. The first kappa shape index (κ1) is 21.0. The van der Waals surface area contributed by atoms with E-state index in [1.807, 2.05) is 42.5 Å². The molecule has 2 aromatic carbocycles. The number of rotatable bonds is 7. The molecule has 0 spiro atoms. The second-order valence-corrected chi connectivity index (χ2v) is 7.39. The van der Waals surface area contributed by atoms with Gasteiger partial charge in [0.15, 0.2) is 5.92 Å². The van der Waals surface area contributed by atoms with Crippen molar-refractivity contribution in [2.45, 2.75) is 45.4 Å². The molecule has 1 aliphatic carbocycles. The highest BCUT2D eigenvalue weighted by molar-refractivity contribution is 5.99. The third-order valence-electron chi connectivity index (χ3n) is 5.66. The molecule has 5 nitrogen and oxygen atoms in total. The van der Waals surface area contributed by atoms with Crippen molar-refractivity contribution in [3.8, 4) is 0 Å². The lowest BCUT2D eigenvalue weighted by molar-refractivity contribution is -0.163. The number of hydrogen-bond acceptors (Lipinski definition) is 5. The highest BCUT2D eigenvalue weighted by Crippen LogP contribution is 2.42. The van der Waals surface area contributed by atoms with Crippen LogP contribution in [-0.4, -0.2) is 30.9 Å². The third-order valence-corrected chi connectivity index (χ3v) is 5.66.